The fourth-order valence-electron chi connectivity index (χ4n) is 2.92. The molecule has 0 aromatic heterocycles. The van der Waals surface area contributed by atoms with E-state index in [9.17, 15) is 14.0 Å². The third kappa shape index (κ3) is 3.30. The smallest absolute Gasteiger partial charge is 0.343 e. The number of Topliss-reactive ketones (excluding diaryl/α,β-unsaturated/α-hetero) is 1. The number of allylic oxidation sites excluding steroid dienone is 1. The number of carbonyl (C=O) groups is 2. The number of carbonyl (C=O) groups excluding carboxylic acids is 2. The highest BCUT2D eigenvalue weighted by atomic mass is 19.1. The van der Waals surface area contributed by atoms with E-state index in [0.29, 0.717) is 16.9 Å². The van der Waals surface area contributed by atoms with E-state index in [1.54, 1.807) is 25.1 Å². The van der Waals surface area contributed by atoms with Crippen LogP contribution in [-0.2, 0) is 0 Å². The molecule has 0 spiro atoms. The maximum atomic E-state index is 13.0. The lowest BCUT2D eigenvalue weighted by Gasteiger charge is -2.10. The van der Waals surface area contributed by atoms with E-state index in [0.717, 1.165) is 5.56 Å². The summed E-state index contributed by atoms with van der Waals surface area (Å²) in [7, 11) is 0. The third-order valence-electron chi connectivity index (χ3n) is 4.42. The van der Waals surface area contributed by atoms with Gasteiger partial charge in [0.1, 0.15) is 17.3 Å². The Balaban J connectivity index is 1.61. The van der Waals surface area contributed by atoms with Gasteiger partial charge < -0.3 is 9.47 Å². The number of halogens is 1. The highest BCUT2D eigenvalue weighted by molar-refractivity contribution is 6.15. The highest BCUT2D eigenvalue weighted by Crippen LogP contribution is 2.39. The number of hydrogen-bond donors (Lipinski definition) is 0. The number of benzene rings is 3. The molecule has 0 atom stereocenters. The monoisotopic (exact) mass is 374 g/mol. The van der Waals surface area contributed by atoms with Crippen LogP contribution >= 0.6 is 0 Å². The minimum absolute atomic E-state index is 0.214. The quantitative estimate of drug-likeness (QED) is 0.369. The Bertz CT molecular complexity index is 1100. The first kappa shape index (κ1) is 17.7. The summed E-state index contributed by atoms with van der Waals surface area (Å²) in [4.78, 5) is 24.9. The molecular formula is C23H15FO4. The first-order valence-corrected chi connectivity index (χ1v) is 8.63. The van der Waals surface area contributed by atoms with Crippen LogP contribution < -0.4 is 9.47 Å². The molecule has 138 valence electrons. The molecule has 5 heteroatoms. The molecule has 0 fully saturated rings. The van der Waals surface area contributed by atoms with Crippen LogP contribution in [0.3, 0.4) is 0 Å². The Hall–Kier alpha value is -3.73. The molecule has 0 saturated heterocycles. The number of ether oxygens (including phenoxy) is 2. The van der Waals surface area contributed by atoms with Crippen LogP contribution in [0, 0.1) is 12.7 Å². The van der Waals surface area contributed by atoms with E-state index in [-0.39, 0.29) is 22.9 Å². The summed E-state index contributed by atoms with van der Waals surface area (Å²) in [6, 6.07) is 17.6. The van der Waals surface area contributed by atoms with Gasteiger partial charge in [-0.15, -0.1) is 0 Å². The molecule has 0 radical (unpaired) electrons. The van der Waals surface area contributed by atoms with Crippen LogP contribution in [0.1, 0.15) is 31.8 Å². The summed E-state index contributed by atoms with van der Waals surface area (Å²) in [6.45, 7) is 1.71. The number of ketones is 1. The Morgan fingerprint density at radius 1 is 1.00 bits per heavy atom. The molecule has 4 rings (SSSR count). The summed E-state index contributed by atoms with van der Waals surface area (Å²) in [5, 5.41) is 0. The number of esters is 1. The molecule has 1 aliphatic rings. The zero-order valence-corrected chi connectivity index (χ0v) is 14.9. The van der Waals surface area contributed by atoms with Gasteiger partial charge in [-0.25, -0.2) is 9.18 Å². The summed E-state index contributed by atoms with van der Waals surface area (Å²) < 4.78 is 24.2. The normalized spacial score (nSPS) is 13.9. The average molecular weight is 374 g/mol. The van der Waals surface area contributed by atoms with Gasteiger partial charge in [0.15, 0.2) is 5.76 Å². The van der Waals surface area contributed by atoms with Gasteiger partial charge in [0.05, 0.1) is 11.1 Å². The molecule has 0 N–H and O–H groups in total. The maximum Gasteiger partial charge on any atom is 0.343 e. The van der Waals surface area contributed by atoms with Crippen molar-refractivity contribution >= 4 is 17.8 Å². The van der Waals surface area contributed by atoms with Crippen LogP contribution in [0.15, 0.2) is 72.5 Å². The standard InChI is InChI=1S/C23H15FO4/c1-14-19(28-23(26)16-7-9-17(24)10-8-16)12-11-18-21(25)20(27-22(14)18)13-15-5-3-2-4-6-15/h2-13H,1H3/b20-13-. The van der Waals surface area contributed by atoms with Crippen molar-refractivity contribution in [1.82, 2.24) is 0 Å². The third-order valence-corrected chi connectivity index (χ3v) is 4.42. The zero-order valence-electron chi connectivity index (χ0n) is 14.9. The second kappa shape index (κ2) is 7.12. The Kier molecular flexibility index (Phi) is 4.49. The summed E-state index contributed by atoms with van der Waals surface area (Å²) in [6.07, 6.45) is 1.67. The SMILES string of the molecule is Cc1c(OC(=O)c2ccc(F)cc2)ccc2c1O/C(=C\c1ccccc1)C2=O. The van der Waals surface area contributed by atoms with Crippen molar-refractivity contribution in [2.45, 2.75) is 6.92 Å². The molecule has 28 heavy (non-hydrogen) atoms. The predicted octanol–water partition coefficient (Wildman–Crippen LogP) is 4.97. The van der Waals surface area contributed by atoms with E-state index >= 15 is 0 Å². The molecule has 0 amide bonds. The Labute approximate surface area is 160 Å². The van der Waals surface area contributed by atoms with Crippen LogP contribution in [0.25, 0.3) is 6.08 Å². The number of rotatable bonds is 3. The van der Waals surface area contributed by atoms with Crippen molar-refractivity contribution in [1.29, 1.82) is 0 Å². The largest absolute Gasteiger partial charge is 0.452 e. The molecule has 3 aromatic carbocycles. The fraction of sp³-hybridized carbons (Fsp3) is 0.0435. The van der Waals surface area contributed by atoms with Crippen LogP contribution in [0.2, 0.25) is 0 Å². The van der Waals surface area contributed by atoms with Gasteiger partial charge in [0.2, 0.25) is 5.78 Å². The zero-order chi connectivity index (χ0) is 19.7. The van der Waals surface area contributed by atoms with Crippen molar-refractivity contribution in [3.05, 3.63) is 101 Å². The van der Waals surface area contributed by atoms with Crippen molar-refractivity contribution in [2.24, 2.45) is 0 Å². The first-order valence-electron chi connectivity index (χ1n) is 8.63. The molecule has 1 heterocycles. The molecule has 3 aromatic rings. The molecule has 0 unspecified atom stereocenters. The van der Waals surface area contributed by atoms with E-state index in [1.165, 1.54) is 24.3 Å². The van der Waals surface area contributed by atoms with Crippen LogP contribution in [0.5, 0.6) is 11.5 Å². The summed E-state index contributed by atoms with van der Waals surface area (Å²) in [5.41, 5.74) is 2.03. The molecule has 1 aliphatic heterocycles. The van der Waals surface area contributed by atoms with Crippen LogP contribution in [0.4, 0.5) is 4.39 Å². The predicted molar refractivity (Wildman–Crippen MR) is 102 cm³/mol. The minimum atomic E-state index is -0.618. The Morgan fingerprint density at radius 3 is 2.43 bits per heavy atom. The van der Waals surface area contributed by atoms with Gasteiger partial charge in [0, 0.05) is 5.56 Å². The highest BCUT2D eigenvalue weighted by Gasteiger charge is 2.30. The number of hydrogen-bond acceptors (Lipinski definition) is 4. The van der Waals surface area contributed by atoms with Gasteiger partial charge >= 0.3 is 5.97 Å². The van der Waals surface area contributed by atoms with Gasteiger partial charge in [-0.1, -0.05) is 30.3 Å². The van der Waals surface area contributed by atoms with Gasteiger partial charge in [-0.3, -0.25) is 4.79 Å². The average Bonchev–Trinajstić information content (AvgIpc) is 3.02. The molecule has 0 aliphatic carbocycles. The minimum Gasteiger partial charge on any atom is -0.452 e. The second-order valence-electron chi connectivity index (χ2n) is 6.31. The lowest BCUT2D eigenvalue weighted by atomic mass is 10.1. The van der Waals surface area contributed by atoms with Crippen molar-refractivity contribution in [3.8, 4) is 11.5 Å². The fourth-order valence-corrected chi connectivity index (χ4v) is 2.92. The van der Waals surface area contributed by atoms with Crippen molar-refractivity contribution in [3.63, 3.8) is 0 Å². The van der Waals surface area contributed by atoms with Gasteiger partial charge in [-0.2, -0.15) is 0 Å². The lowest BCUT2D eigenvalue weighted by Crippen LogP contribution is -2.09. The Morgan fingerprint density at radius 2 is 1.71 bits per heavy atom. The van der Waals surface area contributed by atoms with E-state index in [4.69, 9.17) is 9.47 Å². The second-order valence-corrected chi connectivity index (χ2v) is 6.31. The number of fused-ring (bicyclic) bond motifs is 1. The summed E-state index contributed by atoms with van der Waals surface area (Å²) in [5.74, 6) is -0.412. The molecular weight excluding hydrogens is 359 g/mol. The van der Waals surface area contributed by atoms with E-state index in [2.05, 4.69) is 0 Å². The lowest BCUT2D eigenvalue weighted by molar-refractivity contribution is 0.0733. The van der Waals surface area contributed by atoms with E-state index < -0.39 is 11.8 Å². The topological polar surface area (TPSA) is 52.6 Å². The van der Waals surface area contributed by atoms with Gasteiger partial charge in [-0.05, 0) is 55.0 Å². The van der Waals surface area contributed by atoms with Crippen molar-refractivity contribution < 1.29 is 23.5 Å². The van der Waals surface area contributed by atoms with Crippen LogP contribution in [-0.4, -0.2) is 11.8 Å². The first-order chi connectivity index (χ1) is 13.5. The molecule has 4 nitrogen and oxygen atoms in total. The maximum absolute atomic E-state index is 13.0. The van der Waals surface area contributed by atoms with Gasteiger partial charge in [0.25, 0.3) is 0 Å². The molecule has 0 saturated carbocycles. The summed E-state index contributed by atoms with van der Waals surface area (Å²) >= 11 is 0. The molecule has 0 bridgehead atoms. The van der Waals surface area contributed by atoms with Crippen molar-refractivity contribution in [2.75, 3.05) is 0 Å². The van der Waals surface area contributed by atoms with E-state index in [1.807, 2.05) is 30.3 Å².